The molecule has 2 aromatic carbocycles. The van der Waals surface area contributed by atoms with E-state index in [1.165, 1.54) is 30.3 Å². The highest BCUT2D eigenvalue weighted by atomic mass is 32.2. The molecular weight excluding hydrogens is 373 g/mol. The van der Waals surface area contributed by atoms with Crippen molar-refractivity contribution in [2.45, 2.75) is 22.3 Å². The van der Waals surface area contributed by atoms with Gasteiger partial charge in [0, 0.05) is 5.56 Å². The minimum atomic E-state index is -4.59. The molecule has 0 aliphatic heterocycles. The van der Waals surface area contributed by atoms with Crippen LogP contribution in [0.25, 0.3) is 11.4 Å². The second-order valence-electron chi connectivity index (χ2n) is 5.24. The Balaban J connectivity index is 2.06. The van der Waals surface area contributed by atoms with Gasteiger partial charge in [0.25, 0.3) is 0 Å². The number of sulfone groups is 1. The third-order valence-corrected chi connectivity index (χ3v) is 6.28. The smallest absolute Gasteiger partial charge is 0.216 e. The molecule has 0 aliphatic carbocycles. The van der Waals surface area contributed by atoms with Crippen LogP contribution in [-0.2, 0) is 16.0 Å². The van der Waals surface area contributed by atoms with Crippen molar-refractivity contribution in [1.29, 1.82) is 0 Å². The summed E-state index contributed by atoms with van der Waals surface area (Å²) in [6.45, 7) is 1.81. The van der Waals surface area contributed by atoms with Gasteiger partial charge in [0.1, 0.15) is 0 Å². The molecule has 0 atom stereocenters. The van der Waals surface area contributed by atoms with Crippen molar-refractivity contribution in [3.8, 4) is 11.4 Å². The van der Waals surface area contributed by atoms with Gasteiger partial charge in [0.05, 0.1) is 10.5 Å². The van der Waals surface area contributed by atoms with Crippen LogP contribution in [0.1, 0.15) is 11.1 Å². The number of rotatable bonds is 3. The third kappa shape index (κ3) is 3.42. The SMILES string of the molecule is Cc1ccc(S(=O)(=O)c2nc(-c3ccccc3C(F)(F)F)ns2)cc1. The molecule has 1 heterocycles. The van der Waals surface area contributed by atoms with Gasteiger partial charge in [-0.05, 0) is 36.7 Å². The summed E-state index contributed by atoms with van der Waals surface area (Å²) in [7, 11) is -3.93. The summed E-state index contributed by atoms with van der Waals surface area (Å²) in [5, 5.41) is 0. The molecule has 3 aromatic rings. The van der Waals surface area contributed by atoms with E-state index in [2.05, 4.69) is 9.36 Å². The second kappa shape index (κ2) is 6.23. The molecule has 130 valence electrons. The average molecular weight is 384 g/mol. The summed E-state index contributed by atoms with van der Waals surface area (Å²) in [6.07, 6.45) is -4.59. The number of alkyl halides is 3. The summed E-state index contributed by atoms with van der Waals surface area (Å²) in [4.78, 5) is 3.86. The molecule has 0 saturated carbocycles. The Morgan fingerprint density at radius 1 is 1.00 bits per heavy atom. The number of aryl methyl sites for hydroxylation is 1. The van der Waals surface area contributed by atoms with E-state index in [1.54, 1.807) is 12.1 Å². The fourth-order valence-corrected chi connectivity index (χ4v) is 4.30. The van der Waals surface area contributed by atoms with Crippen molar-refractivity contribution >= 4 is 21.4 Å². The first-order valence-corrected chi connectivity index (χ1v) is 9.27. The number of nitrogens with zero attached hydrogens (tertiary/aromatic N) is 2. The zero-order valence-electron chi connectivity index (χ0n) is 12.8. The van der Waals surface area contributed by atoms with Crippen molar-refractivity contribution in [3.05, 3.63) is 59.7 Å². The maximum atomic E-state index is 13.1. The van der Waals surface area contributed by atoms with Crippen molar-refractivity contribution < 1.29 is 21.6 Å². The summed E-state index contributed by atoms with van der Waals surface area (Å²) in [6, 6.07) is 10.9. The van der Waals surface area contributed by atoms with E-state index in [4.69, 9.17) is 0 Å². The molecule has 1 aromatic heterocycles. The Bertz CT molecular complexity index is 1010. The molecule has 0 N–H and O–H groups in total. The number of aromatic nitrogens is 2. The van der Waals surface area contributed by atoms with Crippen molar-refractivity contribution in [2.24, 2.45) is 0 Å². The number of halogens is 3. The van der Waals surface area contributed by atoms with Crippen molar-refractivity contribution in [2.75, 3.05) is 0 Å². The Labute approximate surface area is 146 Å². The van der Waals surface area contributed by atoms with Gasteiger partial charge < -0.3 is 0 Å². The van der Waals surface area contributed by atoms with Crippen LogP contribution in [0.2, 0.25) is 0 Å². The van der Waals surface area contributed by atoms with Gasteiger partial charge in [0.15, 0.2) is 5.82 Å². The molecule has 25 heavy (non-hydrogen) atoms. The van der Waals surface area contributed by atoms with E-state index >= 15 is 0 Å². The predicted molar refractivity (Wildman–Crippen MR) is 87.0 cm³/mol. The normalized spacial score (nSPS) is 12.3. The number of hydrogen-bond acceptors (Lipinski definition) is 5. The molecule has 3 rings (SSSR count). The van der Waals surface area contributed by atoms with Gasteiger partial charge in [-0.2, -0.15) is 17.5 Å². The van der Waals surface area contributed by atoms with Crippen LogP contribution in [0.3, 0.4) is 0 Å². The molecule has 0 unspecified atom stereocenters. The van der Waals surface area contributed by atoms with Gasteiger partial charge in [-0.1, -0.05) is 35.9 Å². The Morgan fingerprint density at radius 3 is 2.28 bits per heavy atom. The molecule has 0 amide bonds. The van der Waals surface area contributed by atoms with E-state index in [-0.39, 0.29) is 20.6 Å². The van der Waals surface area contributed by atoms with Gasteiger partial charge in [-0.15, -0.1) is 0 Å². The minimum absolute atomic E-state index is 0.0184. The highest BCUT2D eigenvalue weighted by Gasteiger charge is 2.34. The molecule has 0 radical (unpaired) electrons. The number of hydrogen-bond donors (Lipinski definition) is 0. The maximum Gasteiger partial charge on any atom is 0.417 e. The molecular formula is C16H11F3N2O2S2. The van der Waals surface area contributed by atoms with E-state index < -0.39 is 21.6 Å². The Hall–Kier alpha value is -2.26. The highest BCUT2D eigenvalue weighted by molar-refractivity contribution is 7.93. The van der Waals surface area contributed by atoms with Crippen LogP contribution < -0.4 is 0 Å². The molecule has 0 saturated heterocycles. The molecule has 0 spiro atoms. The summed E-state index contributed by atoms with van der Waals surface area (Å²) < 4.78 is 67.9. The lowest BCUT2D eigenvalue weighted by Gasteiger charge is -2.09. The van der Waals surface area contributed by atoms with Crippen LogP contribution >= 0.6 is 11.5 Å². The summed E-state index contributed by atoms with van der Waals surface area (Å²) in [5.74, 6) is -0.261. The quantitative estimate of drug-likeness (QED) is 0.673. The first-order chi connectivity index (χ1) is 11.7. The standard InChI is InChI=1S/C16H11F3N2O2S2/c1-10-6-8-11(9-7-10)25(22,23)15-20-14(21-24-15)12-4-2-3-5-13(12)16(17,18)19/h2-9H,1H3. The lowest BCUT2D eigenvalue weighted by molar-refractivity contribution is -0.137. The van der Waals surface area contributed by atoms with Gasteiger partial charge in [0.2, 0.25) is 14.2 Å². The molecule has 9 heteroatoms. The lowest BCUT2D eigenvalue weighted by Crippen LogP contribution is -2.07. The molecule has 0 bridgehead atoms. The van der Waals surface area contributed by atoms with E-state index in [1.807, 2.05) is 6.92 Å². The first-order valence-electron chi connectivity index (χ1n) is 7.01. The van der Waals surface area contributed by atoms with Crippen molar-refractivity contribution in [3.63, 3.8) is 0 Å². The maximum absolute atomic E-state index is 13.1. The van der Waals surface area contributed by atoms with Crippen LogP contribution in [0.15, 0.2) is 57.8 Å². The monoisotopic (exact) mass is 384 g/mol. The topological polar surface area (TPSA) is 59.9 Å². The minimum Gasteiger partial charge on any atom is -0.216 e. The van der Waals surface area contributed by atoms with E-state index in [0.29, 0.717) is 11.5 Å². The fourth-order valence-electron chi connectivity index (χ4n) is 2.17. The molecule has 4 nitrogen and oxygen atoms in total. The largest absolute Gasteiger partial charge is 0.417 e. The second-order valence-corrected chi connectivity index (χ2v) is 8.12. The van der Waals surface area contributed by atoms with Gasteiger partial charge in [-0.25, -0.2) is 13.4 Å². The molecule has 0 aliphatic rings. The summed E-state index contributed by atoms with van der Waals surface area (Å²) in [5.41, 5.74) is -0.278. The Morgan fingerprint density at radius 2 is 1.64 bits per heavy atom. The first kappa shape index (κ1) is 17.6. The third-order valence-electron chi connectivity index (χ3n) is 3.44. The van der Waals surface area contributed by atoms with E-state index in [9.17, 15) is 21.6 Å². The van der Waals surface area contributed by atoms with Crippen LogP contribution in [0, 0.1) is 6.92 Å². The van der Waals surface area contributed by atoms with Crippen LogP contribution in [0.4, 0.5) is 13.2 Å². The van der Waals surface area contributed by atoms with Crippen LogP contribution in [0.5, 0.6) is 0 Å². The number of benzene rings is 2. The Kier molecular flexibility index (Phi) is 4.38. The molecule has 0 fully saturated rings. The fraction of sp³-hybridized carbons (Fsp3) is 0.125. The van der Waals surface area contributed by atoms with Crippen LogP contribution in [-0.4, -0.2) is 17.8 Å². The predicted octanol–water partition coefficient (Wildman–Crippen LogP) is 4.37. The zero-order valence-corrected chi connectivity index (χ0v) is 14.4. The zero-order chi connectivity index (χ0) is 18.2. The van der Waals surface area contributed by atoms with Crippen molar-refractivity contribution in [1.82, 2.24) is 9.36 Å². The van der Waals surface area contributed by atoms with Gasteiger partial charge >= 0.3 is 6.18 Å². The van der Waals surface area contributed by atoms with Gasteiger partial charge in [-0.3, -0.25) is 0 Å². The highest BCUT2D eigenvalue weighted by Crippen LogP contribution is 2.37. The van der Waals surface area contributed by atoms with E-state index in [0.717, 1.165) is 11.6 Å². The summed E-state index contributed by atoms with van der Waals surface area (Å²) >= 11 is 0.553. The average Bonchev–Trinajstić information content (AvgIpc) is 3.05. The lowest BCUT2D eigenvalue weighted by atomic mass is 10.1.